The van der Waals surface area contributed by atoms with Crippen LogP contribution in [0.3, 0.4) is 0 Å². The normalized spacial score (nSPS) is 16.9. The average molecular weight is 413 g/mol. The Kier molecular flexibility index (Phi) is 5.40. The first-order valence-corrected chi connectivity index (χ1v) is 11.0. The summed E-state index contributed by atoms with van der Waals surface area (Å²) in [6, 6.07) is 13.6. The van der Waals surface area contributed by atoms with Crippen LogP contribution in [-0.2, 0) is 21.8 Å². The Morgan fingerprint density at radius 3 is 2.83 bits per heavy atom. The number of rotatable bonds is 6. The zero-order valence-corrected chi connectivity index (χ0v) is 16.9. The number of hydrogen-bond acceptors (Lipinski definition) is 4. The highest BCUT2D eigenvalue weighted by Crippen LogP contribution is 2.24. The summed E-state index contributed by atoms with van der Waals surface area (Å²) in [4.78, 5) is 12.8. The van der Waals surface area contributed by atoms with Crippen LogP contribution in [0.15, 0.2) is 59.6 Å². The standard InChI is InChI=1S/C21H23N3O4S/c1-24-11-10-18-19(8-3-9-20(18)24)23-21(25)15-5-2-7-17(13-15)29(26,27)22-14-16-6-4-12-28-16/h2-3,5,7-11,13,16,22H,4,6,12,14H2,1H3,(H,23,25). The lowest BCUT2D eigenvalue weighted by Gasteiger charge is -2.12. The van der Waals surface area contributed by atoms with Crippen LogP contribution < -0.4 is 10.0 Å². The molecule has 7 nitrogen and oxygen atoms in total. The van der Waals surface area contributed by atoms with Crippen molar-refractivity contribution in [1.82, 2.24) is 9.29 Å². The van der Waals surface area contributed by atoms with Crippen LogP contribution in [0.4, 0.5) is 5.69 Å². The van der Waals surface area contributed by atoms with E-state index in [2.05, 4.69) is 10.0 Å². The number of carbonyl (C=O) groups is 1. The van der Waals surface area contributed by atoms with E-state index in [1.54, 1.807) is 12.1 Å². The van der Waals surface area contributed by atoms with Crippen LogP contribution >= 0.6 is 0 Å². The molecule has 29 heavy (non-hydrogen) atoms. The molecule has 1 unspecified atom stereocenters. The largest absolute Gasteiger partial charge is 0.377 e. The van der Waals surface area contributed by atoms with Crippen LogP contribution in [-0.4, -0.2) is 38.1 Å². The van der Waals surface area contributed by atoms with Gasteiger partial charge in [-0.05, 0) is 49.2 Å². The van der Waals surface area contributed by atoms with E-state index in [1.807, 2.05) is 42.1 Å². The molecule has 1 fully saturated rings. The number of aryl methyl sites for hydroxylation is 1. The quantitative estimate of drug-likeness (QED) is 0.650. The number of benzene rings is 2. The number of fused-ring (bicyclic) bond motifs is 1. The van der Waals surface area contributed by atoms with Gasteiger partial charge >= 0.3 is 0 Å². The van der Waals surface area contributed by atoms with Crippen molar-refractivity contribution in [3.05, 3.63) is 60.3 Å². The molecule has 2 N–H and O–H groups in total. The van der Waals surface area contributed by atoms with Crippen molar-refractivity contribution in [3.8, 4) is 0 Å². The number of ether oxygens (including phenoxy) is 1. The van der Waals surface area contributed by atoms with Crippen molar-refractivity contribution in [2.45, 2.75) is 23.8 Å². The number of aromatic nitrogens is 1. The molecule has 1 amide bonds. The van der Waals surface area contributed by atoms with Crippen LogP contribution in [0, 0.1) is 0 Å². The second kappa shape index (κ2) is 7.98. The van der Waals surface area contributed by atoms with E-state index in [-0.39, 0.29) is 29.0 Å². The molecule has 1 aliphatic rings. The van der Waals surface area contributed by atoms with Crippen molar-refractivity contribution in [1.29, 1.82) is 0 Å². The summed E-state index contributed by atoms with van der Waals surface area (Å²) in [6.07, 6.45) is 3.61. The number of carbonyl (C=O) groups excluding carboxylic acids is 1. The Labute approximate surface area is 169 Å². The number of amides is 1. The first-order valence-electron chi connectivity index (χ1n) is 9.51. The minimum Gasteiger partial charge on any atom is -0.377 e. The monoisotopic (exact) mass is 413 g/mol. The third kappa shape index (κ3) is 4.19. The van der Waals surface area contributed by atoms with Gasteiger partial charge in [0, 0.05) is 42.9 Å². The maximum absolute atomic E-state index is 12.8. The number of anilines is 1. The molecule has 0 spiro atoms. The smallest absolute Gasteiger partial charge is 0.255 e. The molecule has 0 aliphatic carbocycles. The van der Waals surface area contributed by atoms with Gasteiger partial charge in [0.1, 0.15) is 0 Å². The predicted molar refractivity (Wildman–Crippen MR) is 111 cm³/mol. The minimum atomic E-state index is -3.72. The molecular weight excluding hydrogens is 390 g/mol. The maximum Gasteiger partial charge on any atom is 0.255 e. The molecule has 4 rings (SSSR count). The van der Waals surface area contributed by atoms with E-state index in [1.165, 1.54) is 12.1 Å². The van der Waals surface area contributed by atoms with Gasteiger partial charge in [0.2, 0.25) is 10.0 Å². The highest BCUT2D eigenvalue weighted by atomic mass is 32.2. The Morgan fingerprint density at radius 1 is 1.21 bits per heavy atom. The van der Waals surface area contributed by atoms with Crippen molar-refractivity contribution in [2.75, 3.05) is 18.5 Å². The van der Waals surface area contributed by atoms with Crippen LogP contribution in [0.1, 0.15) is 23.2 Å². The summed E-state index contributed by atoms with van der Waals surface area (Å²) < 4.78 is 35.2. The molecule has 0 bridgehead atoms. The van der Waals surface area contributed by atoms with Gasteiger partial charge in [-0.15, -0.1) is 0 Å². The third-order valence-electron chi connectivity index (χ3n) is 5.11. The van der Waals surface area contributed by atoms with Crippen LogP contribution in [0.2, 0.25) is 0 Å². The van der Waals surface area contributed by atoms with E-state index >= 15 is 0 Å². The van der Waals surface area contributed by atoms with Gasteiger partial charge < -0.3 is 14.6 Å². The van der Waals surface area contributed by atoms with Gasteiger partial charge in [0.05, 0.1) is 16.7 Å². The van der Waals surface area contributed by atoms with Crippen molar-refractivity contribution < 1.29 is 17.9 Å². The summed E-state index contributed by atoms with van der Waals surface area (Å²) in [5, 5.41) is 3.80. The van der Waals surface area contributed by atoms with Crippen molar-refractivity contribution >= 4 is 32.5 Å². The Hall–Kier alpha value is -2.68. The average Bonchev–Trinajstić information content (AvgIpc) is 3.37. The van der Waals surface area contributed by atoms with Crippen LogP contribution in [0.25, 0.3) is 10.9 Å². The second-order valence-corrected chi connectivity index (χ2v) is 8.90. The molecule has 1 saturated heterocycles. The molecule has 0 radical (unpaired) electrons. The summed E-state index contributed by atoms with van der Waals surface area (Å²) in [7, 11) is -1.78. The zero-order valence-electron chi connectivity index (χ0n) is 16.1. The Bertz CT molecular complexity index is 1150. The van der Waals surface area contributed by atoms with E-state index in [0.29, 0.717) is 12.3 Å². The summed E-state index contributed by atoms with van der Waals surface area (Å²) >= 11 is 0. The number of nitrogens with zero attached hydrogens (tertiary/aromatic N) is 1. The number of hydrogen-bond donors (Lipinski definition) is 2. The summed E-state index contributed by atoms with van der Waals surface area (Å²) in [5.41, 5.74) is 1.95. The minimum absolute atomic E-state index is 0.0565. The molecule has 8 heteroatoms. The molecular formula is C21H23N3O4S. The lowest BCUT2D eigenvalue weighted by molar-refractivity contribution is 0.102. The Balaban J connectivity index is 1.52. The maximum atomic E-state index is 12.8. The summed E-state index contributed by atoms with van der Waals surface area (Å²) in [6.45, 7) is 0.894. The second-order valence-electron chi connectivity index (χ2n) is 7.13. The van der Waals surface area contributed by atoms with Gasteiger partial charge in [-0.1, -0.05) is 12.1 Å². The SMILES string of the molecule is Cn1ccc2c(NC(=O)c3cccc(S(=O)(=O)NCC4CCCO4)c3)cccc21. The zero-order chi connectivity index (χ0) is 20.4. The molecule has 1 aliphatic heterocycles. The highest BCUT2D eigenvalue weighted by Gasteiger charge is 2.21. The number of sulfonamides is 1. The molecule has 2 aromatic carbocycles. The van der Waals surface area contributed by atoms with E-state index in [0.717, 1.165) is 23.7 Å². The van der Waals surface area contributed by atoms with E-state index in [9.17, 15) is 13.2 Å². The van der Waals surface area contributed by atoms with Gasteiger partial charge in [-0.25, -0.2) is 13.1 Å². The van der Waals surface area contributed by atoms with Crippen LogP contribution in [0.5, 0.6) is 0 Å². The van der Waals surface area contributed by atoms with Gasteiger partial charge in [0.25, 0.3) is 5.91 Å². The predicted octanol–water partition coefficient (Wildman–Crippen LogP) is 2.89. The van der Waals surface area contributed by atoms with E-state index < -0.39 is 10.0 Å². The molecule has 1 atom stereocenters. The molecule has 1 aromatic heterocycles. The number of nitrogens with one attached hydrogen (secondary N) is 2. The topological polar surface area (TPSA) is 89.4 Å². The van der Waals surface area contributed by atoms with E-state index in [4.69, 9.17) is 4.74 Å². The fourth-order valence-corrected chi connectivity index (χ4v) is 4.61. The first-order chi connectivity index (χ1) is 13.9. The molecule has 0 saturated carbocycles. The fraction of sp³-hybridized carbons (Fsp3) is 0.286. The van der Waals surface area contributed by atoms with Gasteiger partial charge in [-0.2, -0.15) is 0 Å². The molecule has 3 aromatic rings. The first kappa shape index (κ1) is 19.6. The molecule has 152 valence electrons. The lowest BCUT2D eigenvalue weighted by Crippen LogP contribution is -2.32. The molecule has 2 heterocycles. The summed E-state index contributed by atoms with van der Waals surface area (Å²) in [5.74, 6) is -0.363. The highest BCUT2D eigenvalue weighted by molar-refractivity contribution is 7.89. The third-order valence-corrected chi connectivity index (χ3v) is 6.53. The van der Waals surface area contributed by atoms with Gasteiger partial charge in [-0.3, -0.25) is 4.79 Å². The lowest BCUT2D eigenvalue weighted by atomic mass is 10.2. The fourth-order valence-electron chi connectivity index (χ4n) is 3.50. The van der Waals surface area contributed by atoms with Crippen molar-refractivity contribution in [3.63, 3.8) is 0 Å². The van der Waals surface area contributed by atoms with Gasteiger partial charge in [0.15, 0.2) is 0 Å². The Morgan fingerprint density at radius 2 is 2.03 bits per heavy atom. The van der Waals surface area contributed by atoms with Crippen molar-refractivity contribution in [2.24, 2.45) is 7.05 Å².